The molecule has 0 amide bonds. The summed E-state index contributed by atoms with van der Waals surface area (Å²) in [5.74, 6) is 0.749. The zero-order valence-corrected chi connectivity index (χ0v) is 22.6. The van der Waals surface area contributed by atoms with E-state index in [9.17, 15) is 0 Å². The SMILES string of the molecule is ClCCCCCCOCCOCCOCCOCCOCCOCCOCCOCc1ccccc1. The quantitative estimate of drug-likeness (QED) is 0.112. The predicted molar refractivity (Wildman–Crippen MR) is 141 cm³/mol. The molecule has 0 aliphatic heterocycles. The van der Waals surface area contributed by atoms with Crippen LogP contribution in [-0.4, -0.2) is 105 Å². The van der Waals surface area contributed by atoms with Crippen molar-refractivity contribution < 1.29 is 37.9 Å². The molecule has 36 heavy (non-hydrogen) atoms. The first-order chi connectivity index (χ1) is 17.9. The summed E-state index contributed by atoms with van der Waals surface area (Å²) in [4.78, 5) is 0. The van der Waals surface area contributed by atoms with Crippen LogP contribution in [0.25, 0.3) is 0 Å². The number of benzene rings is 1. The summed E-state index contributed by atoms with van der Waals surface area (Å²) < 4.78 is 43.9. The highest BCUT2D eigenvalue weighted by Gasteiger charge is 1.96. The molecule has 0 saturated heterocycles. The molecule has 0 atom stereocenters. The minimum absolute atomic E-state index is 0.536. The molecule has 0 aromatic heterocycles. The molecule has 0 unspecified atom stereocenters. The van der Waals surface area contributed by atoms with Gasteiger partial charge in [0.2, 0.25) is 0 Å². The van der Waals surface area contributed by atoms with E-state index in [0.29, 0.717) is 99.1 Å². The van der Waals surface area contributed by atoms with Gasteiger partial charge >= 0.3 is 0 Å². The maximum Gasteiger partial charge on any atom is 0.0718 e. The number of alkyl halides is 1. The third-order valence-electron chi connectivity index (χ3n) is 4.89. The monoisotopic (exact) mass is 534 g/mol. The van der Waals surface area contributed by atoms with E-state index in [1.165, 1.54) is 18.4 Å². The zero-order chi connectivity index (χ0) is 25.6. The summed E-state index contributed by atoms with van der Waals surface area (Å²) in [6.45, 7) is 9.20. The van der Waals surface area contributed by atoms with E-state index in [1.807, 2.05) is 30.3 Å². The summed E-state index contributed by atoms with van der Waals surface area (Å²) in [7, 11) is 0. The largest absolute Gasteiger partial charge is 0.379 e. The number of hydrogen-bond donors (Lipinski definition) is 0. The van der Waals surface area contributed by atoms with Crippen LogP contribution in [-0.2, 0) is 44.5 Å². The van der Waals surface area contributed by atoms with Crippen LogP contribution in [0.3, 0.4) is 0 Å². The number of rotatable bonds is 29. The zero-order valence-electron chi connectivity index (χ0n) is 21.9. The van der Waals surface area contributed by atoms with Crippen molar-refractivity contribution >= 4 is 11.6 Å². The van der Waals surface area contributed by atoms with Crippen molar-refractivity contribution in [1.82, 2.24) is 0 Å². The van der Waals surface area contributed by atoms with E-state index in [2.05, 4.69) is 0 Å². The first-order valence-electron chi connectivity index (χ1n) is 13.2. The van der Waals surface area contributed by atoms with Crippen LogP contribution in [0.5, 0.6) is 0 Å². The Balaban J connectivity index is 1.63. The molecule has 0 radical (unpaired) electrons. The number of ether oxygens (including phenoxy) is 8. The molecule has 0 saturated carbocycles. The van der Waals surface area contributed by atoms with Gasteiger partial charge in [-0.3, -0.25) is 0 Å². The molecule has 0 fully saturated rings. The van der Waals surface area contributed by atoms with Crippen LogP contribution in [0, 0.1) is 0 Å². The van der Waals surface area contributed by atoms with Gasteiger partial charge < -0.3 is 37.9 Å². The van der Waals surface area contributed by atoms with Gasteiger partial charge in [0.1, 0.15) is 0 Å². The van der Waals surface area contributed by atoms with Gasteiger partial charge in [-0.25, -0.2) is 0 Å². The average molecular weight is 535 g/mol. The van der Waals surface area contributed by atoms with Gasteiger partial charge in [0, 0.05) is 12.5 Å². The molecule has 0 N–H and O–H groups in total. The second-order valence-electron chi connectivity index (χ2n) is 7.93. The minimum Gasteiger partial charge on any atom is -0.379 e. The topological polar surface area (TPSA) is 73.8 Å². The van der Waals surface area contributed by atoms with Gasteiger partial charge in [-0.15, -0.1) is 11.6 Å². The maximum absolute atomic E-state index is 5.64. The molecule has 0 bridgehead atoms. The van der Waals surface area contributed by atoms with Crippen molar-refractivity contribution in [2.45, 2.75) is 32.3 Å². The first kappa shape index (κ1) is 33.2. The maximum atomic E-state index is 5.64. The van der Waals surface area contributed by atoms with Crippen LogP contribution in [0.4, 0.5) is 0 Å². The van der Waals surface area contributed by atoms with E-state index < -0.39 is 0 Å². The van der Waals surface area contributed by atoms with Gasteiger partial charge in [0.25, 0.3) is 0 Å². The van der Waals surface area contributed by atoms with Crippen LogP contribution in [0.1, 0.15) is 31.2 Å². The van der Waals surface area contributed by atoms with Crippen molar-refractivity contribution in [2.75, 3.05) is 105 Å². The Labute approximate surface area is 222 Å². The lowest BCUT2D eigenvalue weighted by Crippen LogP contribution is -2.15. The summed E-state index contributed by atoms with van der Waals surface area (Å²) in [6.07, 6.45) is 4.52. The lowest BCUT2D eigenvalue weighted by molar-refractivity contribution is -0.0236. The Hall–Kier alpha value is -0.810. The van der Waals surface area contributed by atoms with Crippen molar-refractivity contribution in [3.05, 3.63) is 35.9 Å². The highest BCUT2D eigenvalue weighted by atomic mass is 35.5. The van der Waals surface area contributed by atoms with Crippen molar-refractivity contribution in [3.63, 3.8) is 0 Å². The Morgan fingerprint density at radius 2 is 0.750 bits per heavy atom. The molecule has 0 aliphatic carbocycles. The number of hydrogen-bond acceptors (Lipinski definition) is 8. The lowest BCUT2D eigenvalue weighted by atomic mass is 10.2. The van der Waals surface area contributed by atoms with Gasteiger partial charge in [0.05, 0.1) is 99.1 Å². The van der Waals surface area contributed by atoms with Gasteiger partial charge in [-0.2, -0.15) is 0 Å². The van der Waals surface area contributed by atoms with Gasteiger partial charge in [-0.05, 0) is 18.4 Å². The summed E-state index contributed by atoms with van der Waals surface area (Å²) in [6, 6.07) is 10.1. The third-order valence-corrected chi connectivity index (χ3v) is 5.16. The van der Waals surface area contributed by atoms with Gasteiger partial charge in [0.15, 0.2) is 0 Å². The van der Waals surface area contributed by atoms with Crippen LogP contribution in [0.15, 0.2) is 30.3 Å². The highest BCUT2D eigenvalue weighted by Crippen LogP contribution is 2.01. The van der Waals surface area contributed by atoms with Crippen LogP contribution in [0.2, 0.25) is 0 Å². The van der Waals surface area contributed by atoms with Gasteiger partial charge in [-0.1, -0.05) is 43.2 Å². The Kier molecular flexibility index (Phi) is 26.5. The normalized spacial score (nSPS) is 11.4. The fourth-order valence-corrected chi connectivity index (χ4v) is 3.14. The molecular weight excluding hydrogens is 488 g/mol. The molecule has 0 heterocycles. The summed E-state index contributed by atoms with van der Waals surface area (Å²) in [5, 5.41) is 0. The van der Waals surface area contributed by atoms with E-state index in [4.69, 9.17) is 49.5 Å². The van der Waals surface area contributed by atoms with E-state index in [-0.39, 0.29) is 0 Å². The van der Waals surface area contributed by atoms with E-state index in [1.54, 1.807) is 0 Å². The predicted octanol–water partition coefficient (Wildman–Crippen LogP) is 4.12. The first-order valence-corrected chi connectivity index (χ1v) is 13.7. The summed E-state index contributed by atoms with van der Waals surface area (Å²) in [5.41, 5.74) is 1.17. The molecule has 8 nitrogen and oxygen atoms in total. The minimum atomic E-state index is 0.536. The highest BCUT2D eigenvalue weighted by molar-refractivity contribution is 6.17. The molecule has 0 spiro atoms. The molecule has 210 valence electrons. The van der Waals surface area contributed by atoms with Crippen molar-refractivity contribution in [1.29, 1.82) is 0 Å². The molecule has 1 aromatic carbocycles. The van der Waals surface area contributed by atoms with Crippen molar-refractivity contribution in [3.8, 4) is 0 Å². The molecular formula is C27H47ClO8. The Morgan fingerprint density at radius 3 is 1.17 bits per heavy atom. The molecule has 0 aliphatic rings. The molecule has 1 aromatic rings. The van der Waals surface area contributed by atoms with E-state index in [0.717, 1.165) is 25.3 Å². The second-order valence-corrected chi connectivity index (χ2v) is 8.31. The number of unbranched alkanes of at least 4 members (excludes halogenated alkanes) is 3. The fourth-order valence-electron chi connectivity index (χ4n) is 2.96. The Morgan fingerprint density at radius 1 is 0.389 bits per heavy atom. The second kappa shape index (κ2) is 28.8. The average Bonchev–Trinajstić information content (AvgIpc) is 2.91. The van der Waals surface area contributed by atoms with Crippen molar-refractivity contribution in [2.24, 2.45) is 0 Å². The smallest absolute Gasteiger partial charge is 0.0718 e. The fraction of sp³-hybridized carbons (Fsp3) is 0.778. The van der Waals surface area contributed by atoms with Crippen LogP contribution >= 0.6 is 11.6 Å². The molecule has 9 heteroatoms. The van der Waals surface area contributed by atoms with Crippen LogP contribution < -0.4 is 0 Å². The molecule has 1 rings (SSSR count). The Bertz CT molecular complexity index is 538. The standard InChI is InChI=1S/C27H47ClO8/c28-10-6-1-2-7-11-29-12-13-30-14-15-31-16-17-32-18-19-33-20-21-34-22-23-35-24-25-36-26-27-8-4-3-5-9-27/h3-5,8-9H,1-2,6-7,10-26H2. The summed E-state index contributed by atoms with van der Waals surface area (Å²) >= 11 is 5.64. The lowest BCUT2D eigenvalue weighted by Gasteiger charge is -2.09. The number of halogens is 1. The van der Waals surface area contributed by atoms with E-state index >= 15 is 0 Å². The third kappa shape index (κ3) is 24.9.